The number of hydrogen-bond acceptors (Lipinski definition) is 4. The summed E-state index contributed by atoms with van der Waals surface area (Å²) in [7, 11) is 0. The average Bonchev–Trinajstić information content (AvgIpc) is 3.20. The lowest BCUT2D eigenvalue weighted by Gasteiger charge is -2.30. The van der Waals surface area contributed by atoms with E-state index in [1.54, 1.807) is 29.2 Å². The van der Waals surface area contributed by atoms with Crippen LogP contribution in [-0.4, -0.2) is 34.2 Å². The Kier molecular flexibility index (Phi) is 5.64. The monoisotopic (exact) mass is 460 g/mol. The van der Waals surface area contributed by atoms with Crippen LogP contribution in [0, 0.1) is 0 Å². The fourth-order valence-corrected chi connectivity index (χ4v) is 3.57. The first kappa shape index (κ1) is 19.0. The molecule has 1 aliphatic rings. The van der Waals surface area contributed by atoms with Gasteiger partial charge in [-0.3, -0.25) is 0 Å². The third kappa shape index (κ3) is 4.36. The number of amides is 2. The van der Waals surface area contributed by atoms with E-state index >= 15 is 0 Å². The molecule has 0 unspecified atom stereocenters. The summed E-state index contributed by atoms with van der Waals surface area (Å²) in [6.07, 6.45) is 1.58. The van der Waals surface area contributed by atoms with Gasteiger partial charge in [0.15, 0.2) is 0 Å². The van der Waals surface area contributed by atoms with Crippen molar-refractivity contribution in [2.45, 2.75) is 18.8 Å². The van der Waals surface area contributed by atoms with Crippen molar-refractivity contribution in [2.24, 2.45) is 0 Å². The molecule has 8 heteroatoms. The molecule has 1 aromatic heterocycles. The Balaban J connectivity index is 1.34. The maximum absolute atomic E-state index is 12.4. The molecule has 0 saturated carbocycles. The van der Waals surface area contributed by atoms with Crippen LogP contribution >= 0.6 is 27.5 Å². The number of aromatic nitrogens is 2. The van der Waals surface area contributed by atoms with Crippen LogP contribution in [0.5, 0.6) is 0 Å². The van der Waals surface area contributed by atoms with E-state index in [1.165, 1.54) is 0 Å². The Morgan fingerprint density at radius 3 is 2.46 bits per heavy atom. The van der Waals surface area contributed by atoms with Crippen molar-refractivity contribution in [3.8, 4) is 11.4 Å². The minimum atomic E-state index is -0.109. The summed E-state index contributed by atoms with van der Waals surface area (Å²) in [6.45, 7) is 1.28. The third-order valence-corrected chi connectivity index (χ3v) is 5.55. The number of carbonyl (C=O) groups excluding carboxylic acids is 1. The van der Waals surface area contributed by atoms with E-state index in [-0.39, 0.29) is 11.9 Å². The lowest BCUT2D eigenvalue weighted by molar-refractivity contribution is 0.187. The topological polar surface area (TPSA) is 71.3 Å². The molecule has 0 spiro atoms. The minimum absolute atomic E-state index is 0.109. The van der Waals surface area contributed by atoms with Crippen LogP contribution in [0.3, 0.4) is 0 Å². The van der Waals surface area contributed by atoms with Crippen LogP contribution < -0.4 is 5.32 Å². The van der Waals surface area contributed by atoms with Gasteiger partial charge in [-0.25, -0.2) is 4.79 Å². The van der Waals surface area contributed by atoms with Gasteiger partial charge in [0.05, 0.1) is 0 Å². The van der Waals surface area contributed by atoms with Gasteiger partial charge in [-0.15, -0.1) is 0 Å². The van der Waals surface area contributed by atoms with Crippen LogP contribution in [0.15, 0.2) is 57.5 Å². The van der Waals surface area contributed by atoms with Gasteiger partial charge in [-0.2, -0.15) is 4.98 Å². The van der Waals surface area contributed by atoms with E-state index in [2.05, 4.69) is 31.4 Å². The Morgan fingerprint density at radius 1 is 1.11 bits per heavy atom. The van der Waals surface area contributed by atoms with Crippen molar-refractivity contribution < 1.29 is 9.32 Å². The summed E-state index contributed by atoms with van der Waals surface area (Å²) in [5.74, 6) is 1.39. The van der Waals surface area contributed by atoms with Crippen LogP contribution in [-0.2, 0) is 0 Å². The van der Waals surface area contributed by atoms with Crippen LogP contribution in [0.1, 0.15) is 24.7 Å². The Morgan fingerprint density at radius 2 is 1.79 bits per heavy atom. The molecule has 3 aromatic rings. The normalized spacial score (nSPS) is 14.9. The van der Waals surface area contributed by atoms with Crippen LogP contribution in [0.2, 0.25) is 5.02 Å². The number of halogens is 2. The predicted molar refractivity (Wildman–Crippen MR) is 111 cm³/mol. The van der Waals surface area contributed by atoms with E-state index in [1.807, 2.05) is 24.3 Å². The van der Waals surface area contributed by atoms with E-state index in [0.717, 1.165) is 28.6 Å². The molecule has 2 amide bonds. The molecule has 0 aliphatic carbocycles. The van der Waals surface area contributed by atoms with E-state index < -0.39 is 0 Å². The van der Waals surface area contributed by atoms with Crippen molar-refractivity contribution in [3.05, 3.63) is 63.9 Å². The molecule has 4 rings (SSSR count). The number of piperidine rings is 1. The van der Waals surface area contributed by atoms with Crippen molar-refractivity contribution in [1.82, 2.24) is 15.0 Å². The van der Waals surface area contributed by atoms with Crippen molar-refractivity contribution in [3.63, 3.8) is 0 Å². The number of hydrogen-bond donors (Lipinski definition) is 1. The molecular weight excluding hydrogens is 444 g/mol. The fraction of sp³-hybridized carbons (Fsp3) is 0.250. The van der Waals surface area contributed by atoms with Gasteiger partial charge in [0.1, 0.15) is 0 Å². The zero-order valence-corrected chi connectivity index (χ0v) is 17.3. The second-order valence-corrected chi connectivity index (χ2v) is 8.01. The highest BCUT2D eigenvalue weighted by atomic mass is 79.9. The van der Waals surface area contributed by atoms with Gasteiger partial charge in [0.25, 0.3) is 0 Å². The Labute approximate surface area is 176 Å². The first-order valence-electron chi connectivity index (χ1n) is 8.99. The molecule has 28 heavy (non-hydrogen) atoms. The molecule has 6 nitrogen and oxygen atoms in total. The molecular formula is C20H18BrClN4O2. The maximum atomic E-state index is 12.4. The highest BCUT2D eigenvalue weighted by Gasteiger charge is 2.27. The molecule has 1 saturated heterocycles. The number of benzene rings is 2. The number of carbonyl (C=O) groups is 1. The number of urea groups is 1. The molecule has 0 bridgehead atoms. The van der Waals surface area contributed by atoms with Gasteiger partial charge < -0.3 is 14.7 Å². The minimum Gasteiger partial charge on any atom is -0.339 e. The van der Waals surface area contributed by atoms with Gasteiger partial charge >= 0.3 is 6.03 Å². The average molecular weight is 462 g/mol. The smallest absolute Gasteiger partial charge is 0.321 e. The standard InChI is InChI=1S/C20H18BrClN4O2/c21-15-3-1-13(2-4-15)18-24-19(28-25-18)14-9-11-26(12-10-14)20(27)23-17-7-5-16(22)6-8-17/h1-8,14H,9-12H2,(H,23,27). The zero-order valence-electron chi connectivity index (χ0n) is 14.9. The lowest BCUT2D eigenvalue weighted by atomic mass is 9.97. The largest absolute Gasteiger partial charge is 0.339 e. The molecule has 0 radical (unpaired) electrons. The van der Waals surface area contributed by atoms with Crippen LogP contribution in [0.25, 0.3) is 11.4 Å². The Bertz CT molecular complexity index is 951. The van der Waals surface area contributed by atoms with E-state index in [9.17, 15) is 4.79 Å². The molecule has 0 atom stereocenters. The molecule has 1 fully saturated rings. The van der Waals surface area contributed by atoms with Gasteiger partial charge in [0.2, 0.25) is 11.7 Å². The lowest BCUT2D eigenvalue weighted by Crippen LogP contribution is -2.40. The first-order chi connectivity index (χ1) is 13.6. The zero-order chi connectivity index (χ0) is 19.5. The number of anilines is 1. The maximum Gasteiger partial charge on any atom is 0.321 e. The molecule has 2 aromatic carbocycles. The molecule has 144 valence electrons. The number of nitrogens with one attached hydrogen (secondary N) is 1. The molecule has 1 aliphatic heterocycles. The van der Waals surface area contributed by atoms with E-state index in [0.29, 0.717) is 29.8 Å². The third-order valence-electron chi connectivity index (χ3n) is 4.77. The summed E-state index contributed by atoms with van der Waals surface area (Å²) in [4.78, 5) is 18.8. The van der Waals surface area contributed by atoms with Crippen molar-refractivity contribution in [2.75, 3.05) is 18.4 Å². The quantitative estimate of drug-likeness (QED) is 0.554. The molecule has 2 heterocycles. The second kappa shape index (κ2) is 8.32. The summed E-state index contributed by atoms with van der Waals surface area (Å²) in [6, 6.07) is 14.8. The first-order valence-corrected chi connectivity index (χ1v) is 10.2. The summed E-state index contributed by atoms with van der Waals surface area (Å²) in [5, 5.41) is 7.64. The number of rotatable bonds is 3. The second-order valence-electron chi connectivity index (χ2n) is 6.66. The Hall–Kier alpha value is -2.38. The van der Waals surface area contributed by atoms with Gasteiger partial charge in [-0.05, 0) is 61.4 Å². The predicted octanol–water partition coefficient (Wildman–Crippen LogP) is 5.56. The summed E-state index contributed by atoms with van der Waals surface area (Å²) < 4.78 is 6.49. The summed E-state index contributed by atoms with van der Waals surface area (Å²) >= 11 is 9.29. The molecule has 1 N–H and O–H groups in total. The van der Waals surface area contributed by atoms with Gasteiger partial charge in [0, 0.05) is 39.8 Å². The highest BCUT2D eigenvalue weighted by Crippen LogP contribution is 2.29. The number of likely N-dealkylation sites (tertiary alicyclic amines) is 1. The number of nitrogens with zero attached hydrogens (tertiary/aromatic N) is 3. The summed E-state index contributed by atoms with van der Waals surface area (Å²) in [5.41, 5.74) is 1.64. The van der Waals surface area contributed by atoms with Gasteiger partial charge in [-0.1, -0.05) is 32.7 Å². The van der Waals surface area contributed by atoms with Crippen molar-refractivity contribution >= 4 is 39.2 Å². The van der Waals surface area contributed by atoms with E-state index in [4.69, 9.17) is 16.1 Å². The van der Waals surface area contributed by atoms with Crippen LogP contribution in [0.4, 0.5) is 10.5 Å². The fourth-order valence-electron chi connectivity index (χ4n) is 3.18. The van der Waals surface area contributed by atoms with Crippen molar-refractivity contribution in [1.29, 1.82) is 0 Å². The highest BCUT2D eigenvalue weighted by molar-refractivity contribution is 9.10. The SMILES string of the molecule is O=C(Nc1ccc(Cl)cc1)N1CCC(c2nc(-c3ccc(Br)cc3)no2)CC1.